The van der Waals surface area contributed by atoms with Gasteiger partial charge in [0.1, 0.15) is 0 Å². The summed E-state index contributed by atoms with van der Waals surface area (Å²) in [5.41, 5.74) is 0.241. The molecule has 6 heteroatoms. The molecule has 1 amide bonds. The third kappa shape index (κ3) is 2.69. The second kappa shape index (κ2) is 5.66. The molecule has 0 spiro atoms. The van der Waals surface area contributed by atoms with Crippen LogP contribution >= 0.6 is 0 Å². The van der Waals surface area contributed by atoms with Crippen LogP contribution in [0.25, 0.3) is 0 Å². The summed E-state index contributed by atoms with van der Waals surface area (Å²) in [6.07, 6.45) is 1.73. The molecule has 22 heavy (non-hydrogen) atoms. The Kier molecular flexibility index (Phi) is 3.85. The number of hydrogen-bond acceptors (Lipinski definition) is 2. The van der Waals surface area contributed by atoms with Crippen LogP contribution in [0.15, 0.2) is 18.2 Å². The third-order valence-corrected chi connectivity index (χ3v) is 4.57. The second-order valence-corrected chi connectivity index (χ2v) is 6.05. The topological polar surface area (TPSA) is 57.6 Å². The van der Waals surface area contributed by atoms with E-state index in [1.165, 1.54) is 12.1 Å². The molecule has 0 aromatic heterocycles. The van der Waals surface area contributed by atoms with E-state index in [1.54, 1.807) is 4.90 Å². The number of carbonyl (C=O) groups is 2. The normalized spacial score (nSPS) is 27.5. The van der Waals surface area contributed by atoms with Crippen LogP contribution in [0.1, 0.15) is 30.7 Å². The molecule has 0 radical (unpaired) electrons. The fourth-order valence-electron chi connectivity index (χ4n) is 3.23. The average Bonchev–Trinajstić information content (AvgIpc) is 3.29. The first-order chi connectivity index (χ1) is 10.5. The molecule has 0 bridgehead atoms. The van der Waals surface area contributed by atoms with Crippen molar-refractivity contribution in [3.8, 4) is 0 Å². The highest BCUT2D eigenvalue weighted by atomic mass is 19.2. The molecule has 1 heterocycles. The number of amides is 1. The number of hydrogen-bond donors (Lipinski definition) is 1. The highest BCUT2D eigenvalue weighted by Gasteiger charge is 2.48. The largest absolute Gasteiger partial charge is 0.481 e. The van der Waals surface area contributed by atoms with Crippen LogP contribution in [0.5, 0.6) is 0 Å². The number of carboxylic acid groups (broad SMARTS) is 1. The van der Waals surface area contributed by atoms with Gasteiger partial charge in [0.25, 0.3) is 0 Å². The van der Waals surface area contributed by atoms with Gasteiger partial charge in [-0.3, -0.25) is 9.59 Å². The molecule has 1 aromatic rings. The van der Waals surface area contributed by atoms with E-state index in [1.807, 2.05) is 0 Å². The molecule has 118 valence electrons. The van der Waals surface area contributed by atoms with Gasteiger partial charge in [-0.2, -0.15) is 0 Å². The predicted octanol–water partition coefficient (Wildman–Crippen LogP) is 2.39. The molecule has 2 fully saturated rings. The number of benzene rings is 1. The minimum atomic E-state index is -0.903. The second-order valence-electron chi connectivity index (χ2n) is 6.05. The van der Waals surface area contributed by atoms with Crippen LogP contribution in [0, 0.1) is 23.5 Å². The zero-order valence-electron chi connectivity index (χ0n) is 12.0. The van der Waals surface area contributed by atoms with Gasteiger partial charge in [0, 0.05) is 19.0 Å². The molecular weight excluding hydrogens is 292 g/mol. The summed E-state index contributed by atoms with van der Waals surface area (Å²) < 4.78 is 27.0. The molecule has 2 aliphatic rings. The van der Waals surface area contributed by atoms with Gasteiger partial charge in [0.15, 0.2) is 11.6 Å². The maximum absolute atomic E-state index is 13.8. The van der Waals surface area contributed by atoms with Crippen molar-refractivity contribution in [2.75, 3.05) is 13.1 Å². The van der Waals surface area contributed by atoms with Gasteiger partial charge < -0.3 is 10.0 Å². The Bertz CT molecular complexity index is 619. The van der Waals surface area contributed by atoms with Crippen molar-refractivity contribution in [1.29, 1.82) is 0 Å². The number of likely N-dealkylation sites (tertiary alicyclic amines) is 1. The van der Waals surface area contributed by atoms with Crippen molar-refractivity contribution in [3.05, 3.63) is 35.4 Å². The summed E-state index contributed by atoms with van der Waals surface area (Å²) in [4.78, 5) is 25.0. The van der Waals surface area contributed by atoms with Crippen molar-refractivity contribution in [1.82, 2.24) is 4.90 Å². The number of halogens is 2. The van der Waals surface area contributed by atoms with Gasteiger partial charge in [-0.15, -0.1) is 0 Å². The van der Waals surface area contributed by atoms with Gasteiger partial charge in [0.05, 0.1) is 5.92 Å². The van der Waals surface area contributed by atoms with Crippen LogP contribution in [0.4, 0.5) is 8.78 Å². The molecule has 4 nitrogen and oxygen atoms in total. The van der Waals surface area contributed by atoms with Gasteiger partial charge in [0.2, 0.25) is 5.91 Å². The lowest BCUT2D eigenvalue weighted by Crippen LogP contribution is -2.43. The van der Waals surface area contributed by atoms with E-state index in [0.717, 1.165) is 6.07 Å². The molecule has 1 saturated carbocycles. The average molecular weight is 309 g/mol. The SMILES string of the molecule is O=C(O)C1CCCN(C(=O)C2CC2c2cccc(F)c2F)C1. The minimum Gasteiger partial charge on any atom is -0.481 e. The molecule has 3 unspecified atom stereocenters. The van der Waals surface area contributed by atoms with Crippen LogP contribution < -0.4 is 0 Å². The first-order valence-electron chi connectivity index (χ1n) is 7.44. The Labute approximate surface area is 126 Å². The number of aliphatic carboxylic acids is 1. The van der Waals surface area contributed by atoms with Crippen LogP contribution in [0.3, 0.4) is 0 Å². The lowest BCUT2D eigenvalue weighted by Gasteiger charge is -2.31. The van der Waals surface area contributed by atoms with Crippen molar-refractivity contribution in [2.24, 2.45) is 11.8 Å². The lowest BCUT2D eigenvalue weighted by atomic mass is 9.97. The molecule has 1 N–H and O–H groups in total. The first-order valence-corrected chi connectivity index (χ1v) is 7.44. The highest BCUT2D eigenvalue weighted by Crippen LogP contribution is 2.49. The number of carboxylic acids is 1. The van der Waals surface area contributed by atoms with Gasteiger partial charge in [-0.25, -0.2) is 8.78 Å². The van der Waals surface area contributed by atoms with Crippen molar-refractivity contribution in [2.45, 2.75) is 25.2 Å². The standard InChI is InChI=1S/C16H17F2NO3/c17-13-5-1-4-10(14(13)18)11-7-12(11)15(20)19-6-2-3-9(8-19)16(21)22/h1,4-5,9,11-12H,2-3,6-8H2,(H,21,22). The van der Waals surface area contributed by atoms with Crippen molar-refractivity contribution in [3.63, 3.8) is 0 Å². The van der Waals surface area contributed by atoms with Crippen LogP contribution in [0.2, 0.25) is 0 Å². The summed E-state index contributed by atoms with van der Waals surface area (Å²) in [6.45, 7) is 0.750. The van der Waals surface area contributed by atoms with E-state index in [2.05, 4.69) is 0 Å². The van der Waals surface area contributed by atoms with E-state index in [0.29, 0.717) is 25.8 Å². The van der Waals surface area contributed by atoms with E-state index < -0.39 is 23.5 Å². The van der Waals surface area contributed by atoms with E-state index in [-0.39, 0.29) is 29.9 Å². The lowest BCUT2D eigenvalue weighted by molar-refractivity contribution is -0.146. The number of nitrogens with zero attached hydrogens (tertiary/aromatic N) is 1. The third-order valence-electron chi connectivity index (χ3n) is 4.57. The fourth-order valence-corrected chi connectivity index (χ4v) is 3.23. The van der Waals surface area contributed by atoms with E-state index in [4.69, 9.17) is 5.11 Å². The Balaban J connectivity index is 1.68. The first kappa shape index (κ1) is 14.9. The number of piperidine rings is 1. The van der Waals surface area contributed by atoms with Crippen molar-refractivity contribution < 1.29 is 23.5 Å². The summed E-state index contributed by atoms with van der Waals surface area (Å²) >= 11 is 0. The molecular formula is C16H17F2NO3. The fraction of sp³-hybridized carbons (Fsp3) is 0.500. The van der Waals surface area contributed by atoms with Gasteiger partial charge in [-0.1, -0.05) is 12.1 Å². The summed E-state index contributed by atoms with van der Waals surface area (Å²) in [5.74, 6) is -4.00. The maximum Gasteiger partial charge on any atom is 0.308 e. The minimum absolute atomic E-state index is 0.139. The molecule has 1 aromatic carbocycles. The van der Waals surface area contributed by atoms with Crippen molar-refractivity contribution >= 4 is 11.9 Å². The number of carbonyl (C=O) groups excluding carboxylic acids is 1. The number of rotatable bonds is 3. The zero-order chi connectivity index (χ0) is 15.9. The summed E-state index contributed by atoms with van der Waals surface area (Å²) in [7, 11) is 0. The van der Waals surface area contributed by atoms with Crippen LogP contribution in [-0.2, 0) is 9.59 Å². The molecule has 1 aliphatic carbocycles. The zero-order valence-corrected chi connectivity index (χ0v) is 12.0. The molecule has 3 atom stereocenters. The molecule has 1 saturated heterocycles. The monoisotopic (exact) mass is 309 g/mol. The van der Waals surface area contributed by atoms with Gasteiger partial charge in [-0.05, 0) is 36.8 Å². The predicted molar refractivity (Wildman–Crippen MR) is 74.1 cm³/mol. The Morgan fingerprint density at radius 1 is 1.27 bits per heavy atom. The smallest absolute Gasteiger partial charge is 0.308 e. The Morgan fingerprint density at radius 2 is 2.05 bits per heavy atom. The summed E-state index contributed by atoms with van der Waals surface area (Å²) in [5, 5.41) is 9.06. The Hall–Kier alpha value is -1.98. The van der Waals surface area contributed by atoms with Gasteiger partial charge >= 0.3 is 5.97 Å². The van der Waals surface area contributed by atoms with Crippen LogP contribution in [-0.4, -0.2) is 35.0 Å². The quantitative estimate of drug-likeness (QED) is 0.932. The summed E-state index contributed by atoms with van der Waals surface area (Å²) in [6, 6.07) is 4.00. The molecule has 1 aliphatic heterocycles. The van der Waals surface area contributed by atoms with E-state index >= 15 is 0 Å². The Morgan fingerprint density at radius 3 is 2.77 bits per heavy atom. The van der Waals surface area contributed by atoms with E-state index in [9.17, 15) is 18.4 Å². The highest BCUT2D eigenvalue weighted by molar-refractivity contribution is 5.84. The molecule has 3 rings (SSSR count). The maximum atomic E-state index is 13.8.